The molecule has 2 aromatic heterocycles. The Morgan fingerprint density at radius 2 is 1.88 bits per heavy atom. The average molecular weight is 346 g/mol. The van der Waals surface area contributed by atoms with Crippen LogP contribution >= 0.6 is 0 Å². The predicted octanol–water partition coefficient (Wildman–Crippen LogP) is 3.45. The van der Waals surface area contributed by atoms with Crippen molar-refractivity contribution < 1.29 is 4.79 Å². The lowest BCUT2D eigenvalue weighted by Gasteiger charge is -2.35. The lowest BCUT2D eigenvalue weighted by molar-refractivity contribution is 0.0706. The van der Waals surface area contributed by atoms with E-state index in [9.17, 15) is 4.79 Å². The van der Waals surface area contributed by atoms with Crippen molar-refractivity contribution in [2.24, 2.45) is 0 Å². The molecular formula is C21H22N4O. The van der Waals surface area contributed by atoms with Gasteiger partial charge in [-0.2, -0.15) is 0 Å². The number of benzene rings is 1. The highest BCUT2D eigenvalue weighted by molar-refractivity contribution is 5.98. The third kappa shape index (κ3) is 2.42. The lowest BCUT2D eigenvalue weighted by Crippen LogP contribution is -2.40. The quantitative estimate of drug-likeness (QED) is 0.714. The fourth-order valence-electron chi connectivity index (χ4n) is 4.80. The number of likely N-dealkylation sites (tertiary alicyclic amines) is 1. The third-order valence-corrected chi connectivity index (χ3v) is 5.95. The van der Waals surface area contributed by atoms with Crippen molar-refractivity contribution in [2.75, 3.05) is 6.54 Å². The van der Waals surface area contributed by atoms with Crippen LogP contribution in [0.1, 0.15) is 53.2 Å². The minimum Gasteiger partial charge on any atom is -0.334 e. The SMILES string of the molecule is O=C(c1nccn2ccnc12)N1CCC[C@@H]1[C@@H]1CCCc2ccccc21. The number of hydrogen-bond acceptors (Lipinski definition) is 3. The molecule has 2 atom stereocenters. The van der Waals surface area contributed by atoms with Gasteiger partial charge in [-0.1, -0.05) is 24.3 Å². The molecule has 0 N–H and O–H groups in total. The zero-order chi connectivity index (χ0) is 17.5. The van der Waals surface area contributed by atoms with Gasteiger partial charge in [0, 0.05) is 43.3 Å². The molecule has 0 saturated carbocycles. The van der Waals surface area contributed by atoms with Gasteiger partial charge in [-0.05, 0) is 43.2 Å². The van der Waals surface area contributed by atoms with Gasteiger partial charge in [0.05, 0.1) is 0 Å². The van der Waals surface area contributed by atoms with E-state index in [0.29, 0.717) is 17.3 Å². The predicted molar refractivity (Wildman–Crippen MR) is 99.2 cm³/mol. The molecule has 0 unspecified atom stereocenters. The highest BCUT2D eigenvalue weighted by atomic mass is 16.2. The van der Waals surface area contributed by atoms with Gasteiger partial charge in [0.1, 0.15) is 0 Å². The van der Waals surface area contributed by atoms with Crippen LogP contribution < -0.4 is 0 Å². The Hall–Kier alpha value is -2.69. The van der Waals surface area contributed by atoms with E-state index in [0.717, 1.165) is 32.2 Å². The molecule has 0 spiro atoms. The standard InChI is InChI=1S/C21H22N4O/c26-21(19-20-23-11-14-24(20)13-10-22-19)25-12-4-9-18(25)17-8-3-6-15-5-1-2-7-16(15)17/h1-2,5,7,10-11,13-14,17-18H,3-4,6,8-9,12H2/t17-,18-/m1/s1. The van der Waals surface area contributed by atoms with Gasteiger partial charge in [-0.3, -0.25) is 4.79 Å². The van der Waals surface area contributed by atoms with Gasteiger partial charge in [-0.15, -0.1) is 0 Å². The van der Waals surface area contributed by atoms with E-state index < -0.39 is 0 Å². The second-order valence-corrected chi connectivity index (χ2v) is 7.34. The lowest BCUT2D eigenvalue weighted by atomic mass is 9.78. The largest absolute Gasteiger partial charge is 0.334 e. The molecular weight excluding hydrogens is 324 g/mol. The number of carbonyl (C=O) groups is 1. The van der Waals surface area contributed by atoms with Crippen LogP contribution in [0.4, 0.5) is 0 Å². The van der Waals surface area contributed by atoms with Crippen LogP contribution in [0.2, 0.25) is 0 Å². The van der Waals surface area contributed by atoms with Crippen molar-refractivity contribution in [1.82, 2.24) is 19.3 Å². The van der Waals surface area contributed by atoms with Gasteiger partial charge in [0.2, 0.25) is 0 Å². The number of nitrogens with zero attached hydrogens (tertiary/aromatic N) is 4. The van der Waals surface area contributed by atoms with Crippen molar-refractivity contribution in [1.29, 1.82) is 0 Å². The van der Waals surface area contributed by atoms with Crippen LogP contribution in [-0.4, -0.2) is 37.8 Å². The Balaban J connectivity index is 1.50. The molecule has 1 aliphatic heterocycles. The van der Waals surface area contributed by atoms with Gasteiger partial charge >= 0.3 is 0 Å². The summed E-state index contributed by atoms with van der Waals surface area (Å²) < 4.78 is 1.86. The third-order valence-electron chi connectivity index (χ3n) is 5.95. The maximum atomic E-state index is 13.3. The first kappa shape index (κ1) is 15.6. The molecule has 3 heterocycles. The van der Waals surface area contributed by atoms with Crippen LogP contribution in [0.5, 0.6) is 0 Å². The number of aromatic nitrogens is 3. The van der Waals surface area contributed by atoms with E-state index >= 15 is 0 Å². The van der Waals surface area contributed by atoms with Crippen LogP contribution in [0, 0.1) is 0 Å². The summed E-state index contributed by atoms with van der Waals surface area (Å²) in [5, 5.41) is 0. The van der Waals surface area contributed by atoms with Crippen LogP contribution in [-0.2, 0) is 6.42 Å². The first-order valence-electron chi connectivity index (χ1n) is 9.49. The molecule has 132 valence electrons. The fourth-order valence-corrected chi connectivity index (χ4v) is 4.80. The molecule has 3 aromatic rings. The Morgan fingerprint density at radius 1 is 1.04 bits per heavy atom. The summed E-state index contributed by atoms with van der Waals surface area (Å²) >= 11 is 0. The summed E-state index contributed by atoms with van der Waals surface area (Å²) in [5.74, 6) is 0.457. The van der Waals surface area contributed by atoms with Crippen molar-refractivity contribution in [3.8, 4) is 0 Å². The minimum atomic E-state index is 0.0207. The summed E-state index contributed by atoms with van der Waals surface area (Å²) in [6.45, 7) is 0.811. The van der Waals surface area contributed by atoms with Gasteiger partial charge in [-0.25, -0.2) is 9.97 Å². The molecule has 5 rings (SSSR count). The number of hydrogen-bond donors (Lipinski definition) is 0. The molecule has 1 fully saturated rings. The molecule has 2 aliphatic rings. The molecule has 5 nitrogen and oxygen atoms in total. The second-order valence-electron chi connectivity index (χ2n) is 7.34. The summed E-state index contributed by atoms with van der Waals surface area (Å²) in [6.07, 6.45) is 12.7. The molecule has 1 amide bonds. The number of rotatable bonds is 2. The van der Waals surface area contributed by atoms with Crippen LogP contribution in [0.15, 0.2) is 49.1 Å². The summed E-state index contributed by atoms with van der Waals surface area (Å²) in [6, 6.07) is 9.02. The molecule has 0 bridgehead atoms. The van der Waals surface area contributed by atoms with Crippen molar-refractivity contribution >= 4 is 11.6 Å². The van der Waals surface area contributed by atoms with E-state index in [4.69, 9.17) is 0 Å². The summed E-state index contributed by atoms with van der Waals surface area (Å²) in [4.78, 5) is 24.1. The number of imidazole rings is 1. The molecule has 1 saturated heterocycles. The summed E-state index contributed by atoms with van der Waals surface area (Å²) in [7, 11) is 0. The average Bonchev–Trinajstić information content (AvgIpc) is 3.36. The van der Waals surface area contributed by atoms with Gasteiger partial charge in [0.15, 0.2) is 11.3 Å². The topological polar surface area (TPSA) is 50.5 Å². The number of carbonyl (C=O) groups excluding carboxylic acids is 1. The smallest absolute Gasteiger partial charge is 0.276 e. The number of fused-ring (bicyclic) bond motifs is 2. The van der Waals surface area contributed by atoms with Crippen molar-refractivity contribution in [2.45, 2.75) is 44.1 Å². The van der Waals surface area contributed by atoms with Gasteiger partial charge in [0.25, 0.3) is 5.91 Å². The van der Waals surface area contributed by atoms with E-state index in [1.54, 1.807) is 12.4 Å². The molecule has 26 heavy (non-hydrogen) atoms. The first-order valence-corrected chi connectivity index (χ1v) is 9.49. The van der Waals surface area contributed by atoms with E-state index in [2.05, 4.69) is 39.1 Å². The zero-order valence-corrected chi connectivity index (χ0v) is 14.7. The fraction of sp³-hybridized carbons (Fsp3) is 0.381. The Morgan fingerprint density at radius 3 is 2.81 bits per heavy atom. The molecule has 5 heteroatoms. The van der Waals surface area contributed by atoms with Crippen molar-refractivity contribution in [3.63, 3.8) is 0 Å². The van der Waals surface area contributed by atoms with E-state index in [1.807, 2.05) is 16.8 Å². The molecule has 0 radical (unpaired) electrons. The number of aryl methyl sites for hydroxylation is 1. The second kappa shape index (κ2) is 6.24. The Bertz CT molecular complexity index is 963. The van der Waals surface area contributed by atoms with Crippen molar-refractivity contribution in [3.05, 3.63) is 65.9 Å². The van der Waals surface area contributed by atoms with Crippen LogP contribution in [0.25, 0.3) is 5.65 Å². The molecule has 1 aromatic carbocycles. The zero-order valence-electron chi connectivity index (χ0n) is 14.7. The minimum absolute atomic E-state index is 0.0207. The Labute approximate surface area is 152 Å². The highest BCUT2D eigenvalue weighted by Gasteiger charge is 2.38. The normalized spacial score (nSPS) is 22.5. The van der Waals surface area contributed by atoms with Crippen LogP contribution in [0.3, 0.4) is 0 Å². The monoisotopic (exact) mass is 346 g/mol. The Kier molecular flexibility index (Phi) is 3.73. The highest BCUT2D eigenvalue weighted by Crippen LogP contribution is 2.40. The first-order chi connectivity index (χ1) is 12.8. The van der Waals surface area contributed by atoms with E-state index in [-0.39, 0.29) is 11.9 Å². The van der Waals surface area contributed by atoms with Gasteiger partial charge < -0.3 is 9.30 Å². The maximum absolute atomic E-state index is 13.3. The number of amides is 1. The molecule has 1 aliphatic carbocycles. The van der Waals surface area contributed by atoms with E-state index in [1.165, 1.54) is 17.5 Å². The maximum Gasteiger partial charge on any atom is 0.276 e. The summed E-state index contributed by atoms with van der Waals surface area (Å²) in [5.41, 5.74) is 4.01.